The lowest BCUT2D eigenvalue weighted by Gasteiger charge is -2.36. The fraction of sp³-hybridized carbons (Fsp3) is 0.857. The molecule has 0 aromatic rings. The van der Waals surface area contributed by atoms with Crippen molar-refractivity contribution in [2.45, 2.75) is 19.9 Å². The first kappa shape index (κ1) is 10.7. The molecule has 0 amide bonds. The Morgan fingerprint density at radius 2 is 2.29 bits per heavy atom. The molecule has 7 nitrogen and oxygen atoms in total. The molecule has 80 valence electrons. The highest BCUT2D eigenvalue weighted by Crippen LogP contribution is 2.03. The number of hydrogen-bond donors (Lipinski definition) is 1. The van der Waals surface area contributed by atoms with Crippen LogP contribution in [0.4, 0.5) is 0 Å². The Balaban J connectivity index is 2.60. The van der Waals surface area contributed by atoms with Gasteiger partial charge in [-0.1, -0.05) is 0 Å². The van der Waals surface area contributed by atoms with E-state index in [9.17, 15) is 10.1 Å². The van der Waals surface area contributed by atoms with Crippen molar-refractivity contribution in [3.8, 4) is 0 Å². The van der Waals surface area contributed by atoms with E-state index in [1.165, 1.54) is 0 Å². The summed E-state index contributed by atoms with van der Waals surface area (Å²) in [4.78, 5) is 14.0. The van der Waals surface area contributed by atoms with Gasteiger partial charge in [-0.25, -0.2) is 10.1 Å². The number of nitrogens with one attached hydrogen (secondary N) is 1. The number of hydrogen-bond acceptors (Lipinski definition) is 3. The molecule has 0 aromatic carbocycles. The summed E-state index contributed by atoms with van der Waals surface area (Å²) in [6, 6.07) is 0.405. The zero-order chi connectivity index (χ0) is 10.7. The van der Waals surface area contributed by atoms with E-state index >= 15 is 0 Å². The van der Waals surface area contributed by atoms with E-state index in [0.717, 1.165) is 0 Å². The third-order valence-electron chi connectivity index (χ3n) is 2.10. The molecule has 1 aliphatic rings. The molecule has 1 fully saturated rings. The van der Waals surface area contributed by atoms with Crippen molar-refractivity contribution >= 4 is 5.96 Å². The number of nitro groups is 1. The molecule has 0 aliphatic carbocycles. The highest BCUT2D eigenvalue weighted by atomic mass is 16.7. The van der Waals surface area contributed by atoms with Crippen LogP contribution in [0.25, 0.3) is 0 Å². The van der Waals surface area contributed by atoms with Crippen LogP contribution in [-0.4, -0.2) is 47.2 Å². The number of hydrazone groups is 1. The summed E-state index contributed by atoms with van der Waals surface area (Å²) in [5, 5.41) is 15.6. The van der Waals surface area contributed by atoms with E-state index in [1.54, 1.807) is 11.9 Å². The Hall–Kier alpha value is -1.37. The maximum Gasteiger partial charge on any atom is 0.273 e. The van der Waals surface area contributed by atoms with Gasteiger partial charge in [0.25, 0.3) is 5.96 Å². The number of rotatable bonds is 2. The lowest BCUT2D eigenvalue weighted by molar-refractivity contribution is -0.486. The zero-order valence-corrected chi connectivity index (χ0v) is 8.60. The van der Waals surface area contributed by atoms with Gasteiger partial charge in [0.15, 0.2) is 5.03 Å². The molecule has 0 atom stereocenters. The zero-order valence-electron chi connectivity index (χ0n) is 8.60. The van der Waals surface area contributed by atoms with Crippen LogP contribution in [0.15, 0.2) is 5.10 Å². The van der Waals surface area contributed by atoms with Crippen molar-refractivity contribution in [2.24, 2.45) is 5.10 Å². The lowest BCUT2D eigenvalue weighted by Crippen LogP contribution is -2.57. The standard InChI is InChI=1S/C7H15N5O2/c1-6(2)11-4-8-7(9-12(13)14)10(3)5-11/h6H,4-5H2,1-3H3,(H,8,9). The van der Waals surface area contributed by atoms with Gasteiger partial charge in [0, 0.05) is 13.1 Å². The average Bonchev–Trinajstić information content (AvgIpc) is 2.07. The molecule has 0 aromatic heterocycles. The first-order valence-electron chi connectivity index (χ1n) is 4.42. The van der Waals surface area contributed by atoms with Crippen molar-refractivity contribution in [3.63, 3.8) is 0 Å². The molecule has 1 N–H and O–H groups in total. The third kappa shape index (κ3) is 2.56. The first-order chi connectivity index (χ1) is 6.50. The fourth-order valence-electron chi connectivity index (χ4n) is 1.23. The Labute approximate surface area is 82.5 Å². The van der Waals surface area contributed by atoms with Crippen molar-refractivity contribution in [1.82, 2.24) is 15.1 Å². The van der Waals surface area contributed by atoms with Crippen LogP contribution in [-0.2, 0) is 0 Å². The van der Waals surface area contributed by atoms with Gasteiger partial charge in [-0.05, 0) is 13.8 Å². The summed E-state index contributed by atoms with van der Waals surface area (Å²) < 4.78 is 0. The van der Waals surface area contributed by atoms with E-state index in [-0.39, 0.29) is 0 Å². The van der Waals surface area contributed by atoms with E-state index in [1.807, 2.05) is 0 Å². The fourth-order valence-corrected chi connectivity index (χ4v) is 1.23. The van der Waals surface area contributed by atoms with Crippen LogP contribution in [0.5, 0.6) is 0 Å². The maximum atomic E-state index is 10.2. The molecule has 0 radical (unpaired) electrons. The minimum Gasteiger partial charge on any atom is -0.338 e. The van der Waals surface area contributed by atoms with Gasteiger partial charge in [-0.2, -0.15) is 0 Å². The van der Waals surface area contributed by atoms with Crippen molar-refractivity contribution < 1.29 is 5.03 Å². The first-order valence-corrected chi connectivity index (χ1v) is 4.42. The van der Waals surface area contributed by atoms with Crippen LogP contribution >= 0.6 is 0 Å². The van der Waals surface area contributed by atoms with Gasteiger partial charge in [0.05, 0.1) is 13.3 Å². The predicted octanol–water partition coefficient (Wildman–Crippen LogP) is -0.305. The van der Waals surface area contributed by atoms with Gasteiger partial charge in [0.2, 0.25) is 0 Å². The molecule has 0 unspecified atom stereocenters. The summed E-state index contributed by atoms with van der Waals surface area (Å²) >= 11 is 0. The van der Waals surface area contributed by atoms with E-state index in [2.05, 4.69) is 29.2 Å². The van der Waals surface area contributed by atoms with Gasteiger partial charge < -0.3 is 10.2 Å². The van der Waals surface area contributed by atoms with Crippen LogP contribution in [0.2, 0.25) is 0 Å². The highest BCUT2D eigenvalue weighted by molar-refractivity contribution is 5.79. The monoisotopic (exact) mass is 201 g/mol. The second-order valence-corrected chi connectivity index (χ2v) is 3.52. The number of nitrogens with zero attached hydrogens (tertiary/aromatic N) is 4. The SMILES string of the molecule is CC(C)N1CNC(=N[N+](=O)[O-])N(C)C1. The summed E-state index contributed by atoms with van der Waals surface area (Å²) in [5.41, 5.74) is 0. The van der Waals surface area contributed by atoms with Gasteiger partial charge in [-0.3, -0.25) is 4.90 Å². The molecule has 14 heavy (non-hydrogen) atoms. The third-order valence-corrected chi connectivity index (χ3v) is 2.10. The minimum atomic E-state index is -0.691. The molecular formula is C7H15N5O2. The topological polar surface area (TPSA) is 74.0 Å². The van der Waals surface area contributed by atoms with Crippen LogP contribution < -0.4 is 5.32 Å². The predicted molar refractivity (Wildman–Crippen MR) is 52.0 cm³/mol. The Kier molecular flexibility index (Phi) is 3.23. The molecule has 0 spiro atoms. The van der Waals surface area contributed by atoms with Crippen LogP contribution in [0.1, 0.15) is 13.8 Å². The molecular weight excluding hydrogens is 186 g/mol. The van der Waals surface area contributed by atoms with Crippen molar-refractivity contribution in [1.29, 1.82) is 0 Å². The summed E-state index contributed by atoms with van der Waals surface area (Å²) in [6.45, 7) is 5.39. The molecule has 1 rings (SSSR count). The minimum absolute atomic E-state index is 0.312. The van der Waals surface area contributed by atoms with Crippen molar-refractivity contribution in [2.75, 3.05) is 20.4 Å². The smallest absolute Gasteiger partial charge is 0.273 e. The van der Waals surface area contributed by atoms with E-state index < -0.39 is 5.03 Å². The molecule has 0 bridgehead atoms. The quantitative estimate of drug-likeness (QED) is 0.490. The van der Waals surface area contributed by atoms with Gasteiger partial charge in [-0.15, -0.1) is 0 Å². The average molecular weight is 201 g/mol. The normalized spacial score (nSPS) is 21.4. The molecule has 1 aliphatic heterocycles. The van der Waals surface area contributed by atoms with Crippen LogP contribution in [0, 0.1) is 10.1 Å². The van der Waals surface area contributed by atoms with Gasteiger partial charge in [0.1, 0.15) is 5.10 Å². The van der Waals surface area contributed by atoms with Crippen LogP contribution in [0.3, 0.4) is 0 Å². The number of guanidine groups is 1. The second-order valence-electron chi connectivity index (χ2n) is 3.52. The largest absolute Gasteiger partial charge is 0.338 e. The molecule has 1 saturated heterocycles. The molecule has 1 heterocycles. The van der Waals surface area contributed by atoms with E-state index in [4.69, 9.17) is 0 Å². The molecule has 7 heteroatoms. The lowest BCUT2D eigenvalue weighted by atomic mass is 10.3. The molecule has 0 saturated carbocycles. The Morgan fingerprint density at radius 3 is 2.71 bits per heavy atom. The summed E-state index contributed by atoms with van der Waals surface area (Å²) in [6.07, 6.45) is 0. The summed E-state index contributed by atoms with van der Waals surface area (Å²) in [7, 11) is 1.77. The summed E-state index contributed by atoms with van der Waals surface area (Å²) in [5.74, 6) is 0.312. The Bertz CT molecular complexity index is 252. The Morgan fingerprint density at radius 1 is 1.64 bits per heavy atom. The highest BCUT2D eigenvalue weighted by Gasteiger charge is 2.22. The second kappa shape index (κ2) is 4.23. The maximum absolute atomic E-state index is 10.2. The van der Waals surface area contributed by atoms with Gasteiger partial charge >= 0.3 is 0 Å². The van der Waals surface area contributed by atoms with E-state index in [0.29, 0.717) is 25.3 Å². The van der Waals surface area contributed by atoms with Crippen molar-refractivity contribution in [3.05, 3.63) is 10.1 Å².